The molecule has 1 aliphatic heterocycles. The number of aliphatic hydroxyl groups excluding tert-OH is 1. The highest BCUT2D eigenvalue weighted by atomic mass is 19.1. The summed E-state index contributed by atoms with van der Waals surface area (Å²) in [5, 5.41) is 10.3. The van der Waals surface area contributed by atoms with Crippen LogP contribution in [0.3, 0.4) is 0 Å². The molecule has 2 aliphatic carbocycles. The van der Waals surface area contributed by atoms with E-state index in [1.165, 1.54) is 37.8 Å². The van der Waals surface area contributed by atoms with Gasteiger partial charge in [-0.05, 0) is 61.3 Å². The molecule has 0 radical (unpaired) electrons. The third-order valence-corrected chi connectivity index (χ3v) is 6.56. The van der Waals surface area contributed by atoms with Crippen LogP contribution in [-0.4, -0.2) is 62.0 Å². The summed E-state index contributed by atoms with van der Waals surface area (Å²) in [7, 11) is 0. The number of anilines is 1. The molecule has 0 unspecified atom stereocenters. The topological polar surface area (TPSA) is 35.9 Å². The van der Waals surface area contributed by atoms with Gasteiger partial charge in [-0.1, -0.05) is 6.42 Å². The Morgan fingerprint density at radius 1 is 1.08 bits per heavy atom. The number of fused-ring (bicyclic) bond motifs is 2. The van der Waals surface area contributed by atoms with E-state index >= 15 is 0 Å². The Kier molecular flexibility index (Phi) is 5.77. The van der Waals surface area contributed by atoms with Crippen LogP contribution in [0.25, 0.3) is 0 Å². The quantitative estimate of drug-likeness (QED) is 0.809. The molecule has 144 valence electrons. The minimum atomic E-state index is -0.411. The fraction of sp³-hybridized carbons (Fsp3) is 0.714. The SMILES string of the molecule is O[C@@H](COC[C@@H]1C[C@H]2CC[C@H]1C2)CN1CCN(c2ccc(F)cc2)CC1. The average molecular weight is 362 g/mol. The lowest BCUT2D eigenvalue weighted by Gasteiger charge is -2.37. The molecule has 1 aromatic rings. The van der Waals surface area contributed by atoms with Crippen LogP contribution in [0.2, 0.25) is 0 Å². The first-order valence-corrected chi connectivity index (χ1v) is 10.2. The summed E-state index contributed by atoms with van der Waals surface area (Å²) in [6, 6.07) is 6.70. The van der Waals surface area contributed by atoms with Crippen LogP contribution in [0, 0.1) is 23.6 Å². The Morgan fingerprint density at radius 3 is 2.50 bits per heavy atom. The van der Waals surface area contributed by atoms with Gasteiger partial charge in [0.05, 0.1) is 12.7 Å². The van der Waals surface area contributed by atoms with Gasteiger partial charge in [0, 0.05) is 45.0 Å². The fourth-order valence-corrected chi connectivity index (χ4v) is 5.13. The van der Waals surface area contributed by atoms with Crippen molar-refractivity contribution in [1.29, 1.82) is 0 Å². The van der Waals surface area contributed by atoms with Crippen LogP contribution in [0.4, 0.5) is 10.1 Å². The summed E-state index contributed by atoms with van der Waals surface area (Å²) in [6.45, 7) is 5.60. The molecule has 0 aromatic heterocycles. The number of hydrogen-bond acceptors (Lipinski definition) is 4. The van der Waals surface area contributed by atoms with Crippen molar-refractivity contribution in [2.24, 2.45) is 17.8 Å². The van der Waals surface area contributed by atoms with Crippen molar-refractivity contribution in [2.45, 2.75) is 31.8 Å². The second kappa shape index (κ2) is 8.24. The summed E-state index contributed by atoms with van der Waals surface area (Å²) < 4.78 is 18.9. The number of nitrogens with zero attached hydrogens (tertiary/aromatic N) is 2. The van der Waals surface area contributed by atoms with E-state index in [1.54, 1.807) is 0 Å². The van der Waals surface area contributed by atoms with Crippen molar-refractivity contribution in [3.63, 3.8) is 0 Å². The summed E-state index contributed by atoms with van der Waals surface area (Å²) >= 11 is 0. The molecule has 1 aromatic carbocycles. The zero-order valence-electron chi connectivity index (χ0n) is 15.5. The summed E-state index contributed by atoms with van der Waals surface area (Å²) in [6.07, 6.45) is 5.15. The van der Waals surface area contributed by atoms with E-state index in [0.29, 0.717) is 13.2 Å². The molecule has 2 saturated carbocycles. The first-order valence-electron chi connectivity index (χ1n) is 10.2. The van der Waals surface area contributed by atoms with Crippen LogP contribution in [0.5, 0.6) is 0 Å². The van der Waals surface area contributed by atoms with Gasteiger partial charge in [0.15, 0.2) is 0 Å². The molecule has 4 rings (SSSR count). The fourth-order valence-electron chi connectivity index (χ4n) is 5.13. The summed E-state index contributed by atoms with van der Waals surface area (Å²) in [5.74, 6) is 2.38. The standard InChI is InChI=1S/C21H31FN2O2/c22-19-3-5-20(6-4-19)24-9-7-23(8-10-24)13-21(25)15-26-14-18-12-16-1-2-17(18)11-16/h3-6,16-18,21,25H,1-2,7-15H2/t16-,17-,18-,21+/m0/s1. The molecule has 2 bridgehead atoms. The van der Waals surface area contributed by atoms with E-state index in [4.69, 9.17) is 4.74 Å². The van der Waals surface area contributed by atoms with Gasteiger partial charge >= 0.3 is 0 Å². The minimum Gasteiger partial charge on any atom is -0.389 e. The molecule has 1 N–H and O–H groups in total. The number of benzene rings is 1. The third kappa shape index (κ3) is 4.38. The van der Waals surface area contributed by atoms with Gasteiger partial charge < -0.3 is 14.7 Å². The molecule has 0 amide bonds. The number of ether oxygens (including phenoxy) is 1. The van der Waals surface area contributed by atoms with Crippen LogP contribution in [0.15, 0.2) is 24.3 Å². The number of piperazine rings is 1. The Hall–Kier alpha value is -1.17. The lowest BCUT2D eigenvalue weighted by molar-refractivity contribution is -0.00274. The lowest BCUT2D eigenvalue weighted by atomic mass is 9.90. The zero-order chi connectivity index (χ0) is 17.9. The molecular formula is C21H31FN2O2. The molecule has 1 heterocycles. The second-order valence-electron chi connectivity index (χ2n) is 8.39. The van der Waals surface area contributed by atoms with E-state index in [9.17, 15) is 9.50 Å². The average Bonchev–Trinajstić information content (AvgIpc) is 3.26. The monoisotopic (exact) mass is 362 g/mol. The summed E-state index contributed by atoms with van der Waals surface area (Å²) in [4.78, 5) is 4.57. The Bertz CT molecular complexity index is 574. The van der Waals surface area contributed by atoms with E-state index in [-0.39, 0.29) is 5.82 Å². The van der Waals surface area contributed by atoms with E-state index in [1.807, 2.05) is 12.1 Å². The Morgan fingerprint density at radius 2 is 1.85 bits per heavy atom. The molecule has 3 aliphatic rings. The summed E-state index contributed by atoms with van der Waals surface area (Å²) in [5.41, 5.74) is 1.07. The van der Waals surface area contributed by atoms with Crippen LogP contribution in [-0.2, 0) is 4.74 Å². The first-order chi connectivity index (χ1) is 12.7. The maximum atomic E-state index is 13.0. The number of β-amino-alcohol motifs (C(OH)–C–C–N with tert-alkyl or cyclic N) is 1. The maximum Gasteiger partial charge on any atom is 0.123 e. The van der Waals surface area contributed by atoms with Gasteiger partial charge in [-0.2, -0.15) is 0 Å². The molecule has 4 atom stereocenters. The predicted molar refractivity (Wildman–Crippen MR) is 101 cm³/mol. The van der Waals surface area contributed by atoms with Gasteiger partial charge in [-0.15, -0.1) is 0 Å². The first kappa shape index (κ1) is 18.2. The smallest absolute Gasteiger partial charge is 0.123 e. The third-order valence-electron chi connectivity index (χ3n) is 6.56. The van der Waals surface area contributed by atoms with E-state index < -0.39 is 6.10 Å². The molecule has 4 nitrogen and oxygen atoms in total. The minimum absolute atomic E-state index is 0.194. The van der Waals surface area contributed by atoms with Crippen molar-refractivity contribution in [2.75, 3.05) is 50.8 Å². The highest BCUT2D eigenvalue weighted by Crippen LogP contribution is 2.48. The van der Waals surface area contributed by atoms with Crippen molar-refractivity contribution in [3.05, 3.63) is 30.1 Å². The molecule has 1 saturated heterocycles. The second-order valence-corrected chi connectivity index (χ2v) is 8.39. The molecular weight excluding hydrogens is 331 g/mol. The predicted octanol–water partition coefficient (Wildman–Crippen LogP) is 2.76. The Labute approximate surface area is 155 Å². The van der Waals surface area contributed by atoms with Crippen molar-refractivity contribution in [1.82, 2.24) is 4.90 Å². The van der Waals surface area contributed by atoms with Crippen molar-refractivity contribution < 1.29 is 14.2 Å². The largest absolute Gasteiger partial charge is 0.389 e. The zero-order valence-corrected chi connectivity index (χ0v) is 15.5. The molecule has 5 heteroatoms. The normalized spacial score (nSPS) is 30.1. The van der Waals surface area contributed by atoms with Crippen LogP contribution < -0.4 is 4.90 Å². The van der Waals surface area contributed by atoms with Crippen LogP contribution in [0.1, 0.15) is 25.7 Å². The number of halogens is 1. The highest BCUT2D eigenvalue weighted by molar-refractivity contribution is 5.46. The molecule has 0 spiro atoms. The highest BCUT2D eigenvalue weighted by Gasteiger charge is 2.39. The van der Waals surface area contributed by atoms with Gasteiger partial charge in [0.2, 0.25) is 0 Å². The van der Waals surface area contributed by atoms with Gasteiger partial charge in [0.25, 0.3) is 0 Å². The van der Waals surface area contributed by atoms with Gasteiger partial charge in [-0.3, -0.25) is 4.90 Å². The number of hydrogen-bond donors (Lipinski definition) is 1. The number of aliphatic hydroxyl groups is 1. The van der Waals surface area contributed by atoms with Crippen molar-refractivity contribution in [3.8, 4) is 0 Å². The maximum absolute atomic E-state index is 13.0. The Balaban J connectivity index is 1.13. The van der Waals surface area contributed by atoms with E-state index in [0.717, 1.165) is 56.2 Å². The van der Waals surface area contributed by atoms with Gasteiger partial charge in [0.1, 0.15) is 5.82 Å². The van der Waals surface area contributed by atoms with Crippen LogP contribution >= 0.6 is 0 Å². The van der Waals surface area contributed by atoms with Crippen molar-refractivity contribution >= 4 is 5.69 Å². The van der Waals surface area contributed by atoms with Gasteiger partial charge in [-0.25, -0.2) is 4.39 Å². The van der Waals surface area contributed by atoms with E-state index in [2.05, 4.69) is 9.80 Å². The molecule has 26 heavy (non-hydrogen) atoms. The number of rotatable bonds is 7. The molecule has 3 fully saturated rings. The lowest BCUT2D eigenvalue weighted by Crippen LogP contribution is -2.49.